The van der Waals surface area contributed by atoms with Gasteiger partial charge in [0, 0.05) is 13.1 Å². The third kappa shape index (κ3) is 4.23. The van der Waals surface area contributed by atoms with Gasteiger partial charge in [0.1, 0.15) is 0 Å². The summed E-state index contributed by atoms with van der Waals surface area (Å²) in [6.45, 7) is 1.26. The molecule has 1 saturated carbocycles. The van der Waals surface area contributed by atoms with Crippen molar-refractivity contribution < 1.29 is 13.2 Å². The van der Waals surface area contributed by atoms with Crippen LogP contribution in [0.15, 0.2) is 24.3 Å². The van der Waals surface area contributed by atoms with Crippen LogP contribution in [0.3, 0.4) is 0 Å². The number of rotatable bonds is 4. The fourth-order valence-electron chi connectivity index (χ4n) is 3.10. The Labute approximate surface area is 118 Å². The molecule has 0 heterocycles. The van der Waals surface area contributed by atoms with Crippen molar-refractivity contribution in [3.63, 3.8) is 0 Å². The highest BCUT2D eigenvalue weighted by Gasteiger charge is 2.33. The first-order valence-corrected chi connectivity index (χ1v) is 7.30. The molecule has 0 aromatic heterocycles. The van der Waals surface area contributed by atoms with Crippen molar-refractivity contribution in [2.24, 2.45) is 5.92 Å². The molecule has 1 fully saturated rings. The van der Waals surface area contributed by atoms with E-state index in [-0.39, 0.29) is 0 Å². The zero-order valence-corrected chi connectivity index (χ0v) is 11.9. The van der Waals surface area contributed by atoms with Gasteiger partial charge in [0.05, 0.1) is 5.56 Å². The fourth-order valence-corrected chi connectivity index (χ4v) is 3.10. The van der Waals surface area contributed by atoms with Crippen molar-refractivity contribution in [3.05, 3.63) is 35.4 Å². The second-order valence-electron chi connectivity index (χ2n) is 5.86. The van der Waals surface area contributed by atoms with Gasteiger partial charge in [0.25, 0.3) is 0 Å². The lowest BCUT2D eigenvalue weighted by Gasteiger charge is -2.27. The summed E-state index contributed by atoms with van der Waals surface area (Å²) in [6.07, 6.45) is 1.99. The molecule has 2 rings (SSSR count). The van der Waals surface area contributed by atoms with Crippen molar-refractivity contribution in [1.29, 1.82) is 0 Å². The molecule has 0 spiro atoms. The summed E-state index contributed by atoms with van der Waals surface area (Å²) in [7, 11) is 1.92. The lowest BCUT2D eigenvalue weighted by molar-refractivity contribution is -0.138. The lowest BCUT2D eigenvalue weighted by atomic mass is 9.89. The molecule has 4 heteroatoms. The van der Waals surface area contributed by atoms with Gasteiger partial charge >= 0.3 is 6.18 Å². The summed E-state index contributed by atoms with van der Waals surface area (Å²) in [5.41, 5.74) is -0.131. The minimum Gasteiger partial charge on any atom is -0.302 e. The summed E-state index contributed by atoms with van der Waals surface area (Å²) < 4.78 is 38.8. The van der Waals surface area contributed by atoms with Crippen LogP contribution in [0.1, 0.15) is 43.2 Å². The van der Waals surface area contributed by atoms with Crippen LogP contribution in [0.4, 0.5) is 13.2 Å². The molecule has 0 aliphatic heterocycles. The predicted molar refractivity (Wildman–Crippen MR) is 74.4 cm³/mol. The average molecular weight is 285 g/mol. The quantitative estimate of drug-likeness (QED) is 0.774. The van der Waals surface area contributed by atoms with Crippen LogP contribution in [-0.2, 0) is 12.7 Å². The molecule has 1 aromatic rings. The predicted octanol–water partition coefficient (Wildman–Crippen LogP) is 4.72. The highest BCUT2D eigenvalue weighted by atomic mass is 19.4. The van der Waals surface area contributed by atoms with E-state index in [1.54, 1.807) is 12.1 Å². The third-order valence-electron chi connectivity index (χ3n) is 4.06. The van der Waals surface area contributed by atoms with E-state index in [2.05, 4.69) is 0 Å². The number of nitrogens with zero attached hydrogens (tertiary/aromatic N) is 1. The van der Waals surface area contributed by atoms with Crippen molar-refractivity contribution >= 4 is 0 Å². The van der Waals surface area contributed by atoms with E-state index in [1.807, 2.05) is 11.9 Å². The van der Waals surface area contributed by atoms with Crippen LogP contribution in [-0.4, -0.2) is 18.5 Å². The lowest BCUT2D eigenvalue weighted by Crippen LogP contribution is -2.27. The highest BCUT2D eigenvalue weighted by Crippen LogP contribution is 2.32. The molecule has 0 saturated heterocycles. The first-order valence-electron chi connectivity index (χ1n) is 7.30. The maximum absolute atomic E-state index is 12.9. The van der Waals surface area contributed by atoms with E-state index in [0.29, 0.717) is 18.0 Å². The van der Waals surface area contributed by atoms with Crippen LogP contribution in [0, 0.1) is 5.92 Å². The smallest absolute Gasteiger partial charge is 0.302 e. The van der Waals surface area contributed by atoms with Gasteiger partial charge in [0.15, 0.2) is 0 Å². The van der Waals surface area contributed by atoms with Gasteiger partial charge in [0.2, 0.25) is 0 Å². The molecule has 0 unspecified atom stereocenters. The Hall–Kier alpha value is -1.03. The Morgan fingerprint density at radius 1 is 1.10 bits per heavy atom. The summed E-state index contributed by atoms with van der Waals surface area (Å²) in [5.74, 6) is 0.645. The molecule has 1 aliphatic rings. The van der Waals surface area contributed by atoms with Crippen molar-refractivity contribution in [2.45, 2.75) is 44.8 Å². The number of alkyl halides is 3. The second-order valence-corrected chi connectivity index (χ2v) is 5.86. The molecule has 0 atom stereocenters. The third-order valence-corrected chi connectivity index (χ3v) is 4.06. The van der Waals surface area contributed by atoms with Gasteiger partial charge in [-0.15, -0.1) is 0 Å². The standard InChI is InChI=1S/C16H22F3N/c1-20(11-13-7-3-2-4-8-13)12-14-9-5-6-10-15(14)16(17,18)19/h5-6,9-10,13H,2-4,7-8,11-12H2,1H3. The average Bonchev–Trinajstić information content (AvgIpc) is 2.39. The highest BCUT2D eigenvalue weighted by molar-refractivity contribution is 5.29. The number of hydrogen-bond donors (Lipinski definition) is 0. The fraction of sp³-hybridized carbons (Fsp3) is 0.625. The van der Waals surface area contributed by atoms with Gasteiger partial charge in [-0.25, -0.2) is 0 Å². The molecule has 1 aromatic carbocycles. The normalized spacial score (nSPS) is 17.6. The molecular weight excluding hydrogens is 263 g/mol. The summed E-state index contributed by atoms with van der Waals surface area (Å²) >= 11 is 0. The Kier molecular flexibility index (Phi) is 5.08. The SMILES string of the molecule is CN(Cc1ccccc1C(F)(F)F)CC1CCCCC1. The molecule has 20 heavy (non-hydrogen) atoms. The monoisotopic (exact) mass is 285 g/mol. The molecule has 1 nitrogen and oxygen atoms in total. The number of hydrogen-bond acceptors (Lipinski definition) is 1. The van der Waals surface area contributed by atoms with Gasteiger partial charge in [-0.2, -0.15) is 13.2 Å². The van der Waals surface area contributed by atoms with Crippen molar-refractivity contribution in [1.82, 2.24) is 4.90 Å². The van der Waals surface area contributed by atoms with Crippen LogP contribution < -0.4 is 0 Å². The molecule has 0 radical (unpaired) electrons. The first kappa shape index (κ1) is 15.4. The zero-order valence-electron chi connectivity index (χ0n) is 11.9. The summed E-state index contributed by atoms with van der Waals surface area (Å²) in [6, 6.07) is 5.89. The number of halogens is 3. The minimum absolute atomic E-state index is 0.367. The Morgan fingerprint density at radius 2 is 1.75 bits per heavy atom. The van der Waals surface area contributed by atoms with Crippen LogP contribution in [0.2, 0.25) is 0 Å². The second kappa shape index (κ2) is 6.61. The zero-order chi connectivity index (χ0) is 14.6. The van der Waals surface area contributed by atoms with E-state index in [0.717, 1.165) is 6.54 Å². The largest absolute Gasteiger partial charge is 0.416 e. The maximum atomic E-state index is 12.9. The molecule has 0 amide bonds. The first-order chi connectivity index (χ1) is 9.47. The van der Waals surface area contributed by atoms with Crippen molar-refractivity contribution in [2.75, 3.05) is 13.6 Å². The van der Waals surface area contributed by atoms with E-state index >= 15 is 0 Å². The minimum atomic E-state index is -4.26. The topological polar surface area (TPSA) is 3.24 Å². The molecule has 0 bridgehead atoms. The van der Waals surface area contributed by atoms with Gasteiger partial charge in [-0.05, 0) is 37.4 Å². The van der Waals surface area contributed by atoms with Crippen LogP contribution in [0.5, 0.6) is 0 Å². The van der Waals surface area contributed by atoms with Crippen LogP contribution in [0.25, 0.3) is 0 Å². The molecular formula is C16H22F3N. The van der Waals surface area contributed by atoms with Crippen LogP contribution >= 0.6 is 0 Å². The van der Waals surface area contributed by atoms with E-state index in [9.17, 15) is 13.2 Å². The summed E-state index contributed by atoms with van der Waals surface area (Å²) in [5, 5.41) is 0. The van der Waals surface area contributed by atoms with Crippen molar-refractivity contribution in [3.8, 4) is 0 Å². The molecule has 0 N–H and O–H groups in total. The Balaban J connectivity index is 1.98. The molecule has 1 aliphatic carbocycles. The van der Waals surface area contributed by atoms with E-state index < -0.39 is 11.7 Å². The Bertz CT molecular complexity index is 422. The van der Waals surface area contributed by atoms with Gasteiger partial charge in [-0.3, -0.25) is 0 Å². The van der Waals surface area contributed by atoms with E-state index in [4.69, 9.17) is 0 Å². The molecule has 112 valence electrons. The maximum Gasteiger partial charge on any atom is 0.416 e. The summed E-state index contributed by atoms with van der Waals surface area (Å²) in [4.78, 5) is 2.03. The van der Waals surface area contributed by atoms with Gasteiger partial charge in [-0.1, -0.05) is 37.5 Å². The Morgan fingerprint density at radius 3 is 2.40 bits per heavy atom. The number of benzene rings is 1. The van der Waals surface area contributed by atoms with Gasteiger partial charge < -0.3 is 4.90 Å². The van der Waals surface area contributed by atoms with E-state index in [1.165, 1.54) is 44.2 Å².